The Labute approximate surface area is 126 Å². The fraction of sp³-hybridized carbons (Fsp3) is 0.400. The lowest BCUT2D eigenvalue weighted by atomic mass is 10.1. The second-order valence-corrected chi connectivity index (χ2v) is 6.33. The molecule has 3 rings (SSSR count). The summed E-state index contributed by atoms with van der Waals surface area (Å²) in [6.07, 6.45) is 5.91. The summed E-state index contributed by atoms with van der Waals surface area (Å²) in [5.41, 5.74) is 3.71. The fourth-order valence-corrected chi connectivity index (χ4v) is 3.18. The van der Waals surface area contributed by atoms with Gasteiger partial charge in [0.05, 0.1) is 12.2 Å². The number of hydrogen-bond acceptors (Lipinski definition) is 1. The largest absolute Gasteiger partial charge is 0.249 e. The van der Waals surface area contributed by atoms with Crippen molar-refractivity contribution >= 4 is 27.5 Å². The summed E-state index contributed by atoms with van der Waals surface area (Å²) < 4.78 is 3.04. The Balaban J connectivity index is 1.87. The van der Waals surface area contributed by atoms with E-state index in [1.165, 1.54) is 36.1 Å². The van der Waals surface area contributed by atoms with E-state index in [0.29, 0.717) is 0 Å². The topological polar surface area (TPSA) is 17.8 Å². The van der Waals surface area contributed by atoms with Gasteiger partial charge in [-0.25, -0.2) is 4.68 Å². The van der Waals surface area contributed by atoms with Crippen LogP contribution in [0.5, 0.6) is 0 Å². The standard InChI is InChI=1S/C15H16BrClN2/c16-12-8-6-11(7-9-12)10-19-15(17)13-4-2-1-3-5-14(13)18-19/h6-9H,1-5,10H2. The quantitative estimate of drug-likeness (QED) is 0.730. The summed E-state index contributed by atoms with van der Waals surface area (Å²) in [5.74, 6) is 0. The predicted molar refractivity (Wildman–Crippen MR) is 81.7 cm³/mol. The zero-order valence-electron chi connectivity index (χ0n) is 10.7. The molecule has 100 valence electrons. The number of hydrogen-bond donors (Lipinski definition) is 0. The molecule has 0 bridgehead atoms. The van der Waals surface area contributed by atoms with E-state index in [4.69, 9.17) is 16.7 Å². The van der Waals surface area contributed by atoms with Crippen LogP contribution in [-0.4, -0.2) is 9.78 Å². The molecule has 0 radical (unpaired) electrons. The molecule has 0 spiro atoms. The van der Waals surface area contributed by atoms with E-state index in [1.807, 2.05) is 4.68 Å². The number of rotatable bonds is 2. The van der Waals surface area contributed by atoms with E-state index in [-0.39, 0.29) is 0 Å². The van der Waals surface area contributed by atoms with Gasteiger partial charge in [-0.3, -0.25) is 0 Å². The van der Waals surface area contributed by atoms with Crippen LogP contribution in [0.2, 0.25) is 5.15 Å². The normalized spacial score (nSPS) is 15.1. The lowest BCUT2D eigenvalue weighted by Gasteiger charge is -2.04. The SMILES string of the molecule is Clc1c2c(nn1Cc1ccc(Br)cc1)CCCCC2. The van der Waals surface area contributed by atoms with Crippen LogP contribution in [0.4, 0.5) is 0 Å². The van der Waals surface area contributed by atoms with E-state index in [9.17, 15) is 0 Å². The highest BCUT2D eigenvalue weighted by Gasteiger charge is 2.18. The van der Waals surface area contributed by atoms with Crippen LogP contribution >= 0.6 is 27.5 Å². The summed E-state index contributed by atoms with van der Waals surface area (Å²) in [5, 5.41) is 5.53. The first-order valence-corrected chi connectivity index (χ1v) is 7.89. The number of nitrogens with zero attached hydrogens (tertiary/aromatic N) is 2. The second-order valence-electron chi connectivity index (χ2n) is 5.06. The van der Waals surface area contributed by atoms with Crippen molar-refractivity contribution in [2.45, 2.75) is 38.6 Å². The van der Waals surface area contributed by atoms with Gasteiger partial charge in [0.25, 0.3) is 0 Å². The minimum Gasteiger partial charge on any atom is -0.249 e. The van der Waals surface area contributed by atoms with Crippen molar-refractivity contribution in [3.8, 4) is 0 Å². The molecule has 1 heterocycles. The molecule has 2 aromatic rings. The van der Waals surface area contributed by atoms with Gasteiger partial charge in [-0.2, -0.15) is 5.10 Å². The van der Waals surface area contributed by atoms with Crippen LogP contribution in [0, 0.1) is 0 Å². The molecule has 2 nitrogen and oxygen atoms in total. The Morgan fingerprint density at radius 2 is 1.84 bits per heavy atom. The minimum atomic E-state index is 0.749. The van der Waals surface area contributed by atoms with Gasteiger partial charge in [-0.05, 0) is 43.4 Å². The average molecular weight is 340 g/mol. The van der Waals surface area contributed by atoms with Crippen molar-refractivity contribution in [1.82, 2.24) is 9.78 Å². The molecule has 19 heavy (non-hydrogen) atoms. The van der Waals surface area contributed by atoms with Crippen LogP contribution in [-0.2, 0) is 19.4 Å². The molecule has 0 fully saturated rings. The van der Waals surface area contributed by atoms with Gasteiger partial charge in [0.1, 0.15) is 5.15 Å². The van der Waals surface area contributed by atoms with Crippen molar-refractivity contribution in [3.05, 3.63) is 50.7 Å². The molecule has 0 atom stereocenters. The van der Waals surface area contributed by atoms with E-state index in [2.05, 4.69) is 40.2 Å². The van der Waals surface area contributed by atoms with Crippen LogP contribution in [0.3, 0.4) is 0 Å². The van der Waals surface area contributed by atoms with Crippen LogP contribution in [0.1, 0.15) is 36.1 Å². The minimum absolute atomic E-state index is 0.749. The molecular formula is C15H16BrClN2. The summed E-state index contributed by atoms with van der Waals surface area (Å²) in [6.45, 7) is 0.749. The summed E-state index contributed by atoms with van der Waals surface area (Å²) >= 11 is 9.94. The van der Waals surface area contributed by atoms with Crippen molar-refractivity contribution in [1.29, 1.82) is 0 Å². The highest BCUT2D eigenvalue weighted by atomic mass is 79.9. The number of aromatic nitrogens is 2. The third kappa shape index (κ3) is 2.87. The van der Waals surface area contributed by atoms with Crippen molar-refractivity contribution in [2.24, 2.45) is 0 Å². The maximum absolute atomic E-state index is 6.49. The first kappa shape index (κ1) is 13.2. The van der Waals surface area contributed by atoms with Gasteiger partial charge in [0.2, 0.25) is 0 Å². The second kappa shape index (κ2) is 5.68. The van der Waals surface area contributed by atoms with Gasteiger partial charge >= 0.3 is 0 Å². The average Bonchev–Trinajstić information content (AvgIpc) is 2.60. The number of benzene rings is 1. The Morgan fingerprint density at radius 1 is 1.11 bits per heavy atom. The van der Waals surface area contributed by atoms with Gasteiger partial charge in [0, 0.05) is 10.0 Å². The van der Waals surface area contributed by atoms with Crippen molar-refractivity contribution in [2.75, 3.05) is 0 Å². The van der Waals surface area contributed by atoms with Crippen LogP contribution in [0.25, 0.3) is 0 Å². The molecular weight excluding hydrogens is 324 g/mol. The van der Waals surface area contributed by atoms with E-state index in [0.717, 1.165) is 29.0 Å². The zero-order valence-corrected chi connectivity index (χ0v) is 13.0. The highest BCUT2D eigenvalue weighted by molar-refractivity contribution is 9.10. The molecule has 0 unspecified atom stereocenters. The molecule has 1 aromatic carbocycles. The fourth-order valence-electron chi connectivity index (χ4n) is 2.61. The molecule has 0 aliphatic heterocycles. The number of halogens is 2. The zero-order chi connectivity index (χ0) is 13.2. The molecule has 0 amide bonds. The van der Waals surface area contributed by atoms with Gasteiger partial charge in [-0.15, -0.1) is 0 Å². The van der Waals surface area contributed by atoms with Crippen molar-refractivity contribution < 1.29 is 0 Å². The lowest BCUT2D eigenvalue weighted by molar-refractivity contribution is 0.647. The van der Waals surface area contributed by atoms with Crippen LogP contribution in [0.15, 0.2) is 28.7 Å². The smallest absolute Gasteiger partial charge is 0.130 e. The third-order valence-electron chi connectivity index (χ3n) is 3.65. The Bertz CT molecular complexity index is 575. The van der Waals surface area contributed by atoms with E-state index >= 15 is 0 Å². The van der Waals surface area contributed by atoms with Gasteiger partial charge in [-0.1, -0.05) is 46.1 Å². The van der Waals surface area contributed by atoms with Crippen LogP contribution < -0.4 is 0 Å². The highest BCUT2D eigenvalue weighted by Crippen LogP contribution is 2.27. The summed E-state index contributed by atoms with van der Waals surface area (Å²) in [4.78, 5) is 0. The monoisotopic (exact) mass is 338 g/mol. The maximum atomic E-state index is 6.49. The van der Waals surface area contributed by atoms with E-state index in [1.54, 1.807) is 0 Å². The summed E-state index contributed by atoms with van der Waals surface area (Å²) in [7, 11) is 0. The Morgan fingerprint density at radius 3 is 2.63 bits per heavy atom. The Kier molecular flexibility index (Phi) is 3.94. The maximum Gasteiger partial charge on any atom is 0.130 e. The summed E-state index contributed by atoms with van der Waals surface area (Å²) in [6, 6.07) is 8.32. The molecule has 4 heteroatoms. The van der Waals surface area contributed by atoms with E-state index < -0.39 is 0 Å². The van der Waals surface area contributed by atoms with Gasteiger partial charge in [0.15, 0.2) is 0 Å². The Hall–Kier alpha value is -0.800. The number of fused-ring (bicyclic) bond motifs is 1. The van der Waals surface area contributed by atoms with Crippen molar-refractivity contribution in [3.63, 3.8) is 0 Å². The predicted octanol–water partition coefficient (Wildman–Crippen LogP) is 4.62. The van der Waals surface area contributed by atoms with Gasteiger partial charge < -0.3 is 0 Å². The molecule has 0 saturated heterocycles. The first-order chi connectivity index (χ1) is 9.24. The lowest BCUT2D eigenvalue weighted by Crippen LogP contribution is -2.02. The molecule has 1 aliphatic rings. The molecule has 1 aliphatic carbocycles. The molecule has 1 aromatic heterocycles. The first-order valence-electron chi connectivity index (χ1n) is 6.72. The molecule has 0 N–H and O–H groups in total. The third-order valence-corrected chi connectivity index (χ3v) is 4.60. The number of aryl methyl sites for hydroxylation is 1. The molecule has 0 saturated carbocycles.